The number of aromatic nitrogens is 2. The molecule has 3 aromatic heterocycles. The summed E-state index contributed by atoms with van der Waals surface area (Å²) in [7, 11) is 0. The van der Waals surface area contributed by atoms with Gasteiger partial charge in [0.1, 0.15) is 17.2 Å². The van der Waals surface area contributed by atoms with Gasteiger partial charge < -0.3 is 20.4 Å². The number of benzene rings is 1. The maximum absolute atomic E-state index is 14.0. The number of pyridine rings is 2. The summed E-state index contributed by atoms with van der Waals surface area (Å²) in [5, 5.41) is 2.69. The van der Waals surface area contributed by atoms with E-state index >= 15 is 0 Å². The minimum atomic E-state index is -4.70. The summed E-state index contributed by atoms with van der Waals surface area (Å²) in [4.78, 5) is 34.7. The van der Waals surface area contributed by atoms with Crippen molar-refractivity contribution in [1.82, 2.24) is 20.2 Å². The monoisotopic (exact) mass is 569 g/mol. The summed E-state index contributed by atoms with van der Waals surface area (Å²) in [6.45, 7) is 0.854. The number of hydrogen-bond donors (Lipinski definition) is 2. The number of carbonyl (C=O) groups excluding carboxylic acids is 2. The zero-order valence-corrected chi connectivity index (χ0v) is 21.7. The predicted molar refractivity (Wildman–Crippen MR) is 144 cm³/mol. The van der Waals surface area contributed by atoms with E-state index in [-0.39, 0.29) is 45.8 Å². The summed E-state index contributed by atoms with van der Waals surface area (Å²) in [6, 6.07) is 10.2. The molecule has 0 bridgehead atoms. The van der Waals surface area contributed by atoms with Crippen molar-refractivity contribution < 1.29 is 27.2 Å². The first-order valence-corrected chi connectivity index (χ1v) is 12.7. The third kappa shape index (κ3) is 6.09. The smallest absolute Gasteiger partial charge is 0.420 e. The first-order valence-electron chi connectivity index (χ1n) is 12.3. The number of fused-ring (bicyclic) bond motifs is 1. The fourth-order valence-corrected chi connectivity index (χ4v) is 4.61. The lowest BCUT2D eigenvalue weighted by atomic mass is 10.0. The Morgan fingerprint density at radius 3 is 2.62 bits per heavy atom. The van der Waals surface area contributed by atoms with Gasteiger partial charge in [0.05, 0.1) is 28.7 Å². The normalized spacial score (nSPS) is 15.7. The molecule has 206 valence electrons. The number of furan rings is 1. The fourth-order valence-electron chi connectivity index (χ4n) is 4.35. The van der Waals surface area contributed by atoms with Crippen molar-refractivity contribution in [1.29, 1.82) is 0 Å². The number of nitrogens with zero attached hydrogens (tertiary/aromatic N) is 3. The number of hydrogen-bond acceptors (Lipinski definition) is 6. The average molecular weight is 570 g/mol. The molecular formula is C28H23ClF3N5O3. The number of halogens is 4. The summed E-state index contributed by atoms with van der Waals surface area (Å²) >= 11 is 6.08. The zero-order chi connectivity index (χ0) is 28.4. The molecule has 0 unspecified atom stereocenters. The van der Waals surface area contributed by atoms with E-state index in [9.17, 15) is 22.8 Å². The van der Waals surface area contributed by atoms with E-state index in [4.69, 9.17) is 21.8 Å². The topological polar surface area (TPSA) is 114 Å². The predicted octanol–water partition coefficient (Wildman–Crippen LogP) is 5.27. The lowest BCUT2D eigenvalue weighted by molar-refractivity contribution is -0.136. The molecule has 1 atom stereocenters. The molecule has 8 nitrogen and oxygen atoms in total. The molecule has 1 aliphatic rings. The third-order valence-electron chi connectivity index (χ3n) is 6.37. The van der Waals surface area contributed by atoms with E-state index in [0.717, 1.165) is 6.07 Å². The number of nitrogen functional groups attached to an aromatic ring is 1. The van der Waals surface area contributed by atoms with Crippen LogP contribution in [0.25, 0.3) is 28.3 Å². The van der Waals surface area contributed by atoms with Crippen molar-refractivity contribution in [2.45, 2.75) is 24.5 Å². The molecule has 0 spiro atoms. The molecular weight excluding hydrogens is 547 g/mol. The van der Waals surface area contributed by atoms with E-state index < -0.39 is 17.6 Å². The van der Waals surface area contributed by atoms with Crippen molar-refractivity contribution in [3.63, 3.8) is 0 Å². The third-order valence-corrected chi connectivity index (χ3v) is 6.73. The van der Waals surface area contributed by atoms with Gasteiger partial charge in [0, 0.05) is 42.5 Å². The Labute approximate surface area is 231 Å². The van der Waals surface area contributed by atoms with Crippen molar-refractivity contribution in [3.8, 4) is 11.3 Å². The average Bonchev–Trinajstić information content (AvgIpc) is 3.56. The maximum Gasteiger partial charge on any atom is 0.420 e. The lowest BCUT2D eigenvalue weighted by Gasteiger charge is -2.15. The number of carbonyl (C=O) groups is 2. The maximum atomic E-state index is 14.0. The van der Waals surface area contributed by atoms with Crippen LogP contribution in [-0.2, 0) is 17.5 Å². The van der Waals surface area contributed by atoms with Gasteiger partial charge in [-0.25, -0.2) is 4.98 Å². The van der Waals surface area contributed by atoms with Crippen LogP contribution in [0.4, 0.5) is 19.0 Å². The Morgan fingerprint density at radius 2 is 1.98 bits per heavy atom. The van der Waals surface area contributed by atoms with E-state index in [0.29, 0.717) is 36.5 Å². The van der Waals surface area contributed by atoms with E-state index in [1.165, 1.54) is 48.8 Å². The van der Waals surface area contributed by atoms with Gasteiger partial charge in [-0.2, -0.15) is 13.2 Å². The molecule has 4 heterocycles. The number of nitrogens with one attached hydrogen (secondary N) is 1. The molecule has 0 aliphatic carbocycles. The van der Waals surface area contributed by atoms with Gasteiger partial charge in [0.15, 0.2) is 0 Å². The molecule has 1 fully saturated rings. The summed E-state index contributed by atoms with van der Waals surface area (Å²) in [5.41, 5.74) is 5.66. The second-order valence-corrected chi connectivity index (χ2v) is 9.91. The number of amides is 2. The first kappa shape index (κ1) is 27.2. The van der Waals surface area contributed by atoms with Crippen LogP contribution >= 0.6 is 11.6 Å². The van der Waals surface area contributed by atoms with Gasteiger partial charge in [-0.15, -0.1) is 11.6 Å². The molecule has 1 aromatic carbocycles. The summed E-state index contributed by atoms with van der Waals surface area (Å²) < 4.78 is 47.4. The second kappa shape index (κ2) is 11.0. The van der Waals surface area contributed by atoms with Crippen LogP contribution in [0.5, 0.6) is 0 Å². The number of anilines is 1. The molecule has 1 aliphatic heterocycles. The Bertz CT molecular complexity index is 1580. The fraction of sp³-hybridized carbons (Fsp3) is 0.214. The van der Waals surface area contributed by atoms with E-state index in [1.54, 1.807) is 17.0 Å². The highest BCUT2D eigenvalue weighted by atomic mass is 35.5. The Hall–Kier alpha value is -4.38. The van der Waals surface area contributed by atoms with E-state index in [2.05, 4.69) is 15.3 Å². The molecule has 3 N–H and O–H groups in total. The van der Waals surface area contributed by atoms with E-state index in [1.807, 2.05) is 0 Å². The van der Waals surface area contributed by atoms with Crippen LogP contribution in [0.3, 0.4) is 0 Å². The van der Waals surface area contributed by atoms with Crippen LogP contribution in [0, 0.1) is 0 Å². The molecule has 40 heavy (non-hydrogen) atoms. The highest BCUT2D eigenvalue weighted by Crippen LogP contribution is 2.39. The SMILES string of the molecule is Nc1ccc(/C=C/C(=O)NCc2cc3cc(-c4ccc(C(=O)N5CC[C@H](Cl)C5)cn4)cc(C(F)(F)F)c3o2)cn1. The van der Waals surface area contributed by atoms with Crippen molar-refractivity contribution >= 4 is 46.3 Å². The number of alkyl halides is 4. The molecule has 0 radical (unpaired) electrons. The second-order valence-electron chi connectivity index (χ2n) is 9.29. The molecule has 0 saturated carbocycles. The van der Waals surface area contributed by atoms with Crippen LogP contribution in [0.15, 0.2) is 65.4 Å². The van der Waals surface area contributed by atoms with Gasteiger partial charge in [-0.1, -0.05) is 0 Å². The lowest BCUT2D eigenvalue weighted by Crippen LogP contribution is -2.28. The number of nitrogens with two attached hydrogens (primary N) is 1. The quantitative estimate of drug-likeness (QED) is 0.241. The van der Waals surface area contributed by atoms with Crippen molar-refractivity contribution in [2.75, 3.05) is 18.8 Å². The van der Waals surface area contributed by atoms with Gasteiger partial charge in [-0.05, 0) is 60.5 Å². The van der Waals surface area contributed by atoms with Crippen LogP contribution in [0.1, 0.15) is 33.7 Å². The number of likely N-dealkylation sites (tertiary alicyclic amines) is 1. The molecule has 2 amide bonds. The summed E-state index contributed by atoms with van der Waals surface area (Å²) in [5.74, 6) is -0.206. The van der Waals surface area contributed by atoms with Crippen molar-refractivity contribution in [3.05, 3.63) is 83.4 Å². The number of rotatable bonds is 6. The molecule has 1 saturated heterocycles. The van der Waals surface area contributed by atoms with Gasteiger partial charge >= 0.3 is 6.18 Å². The molecule has 12 heteroatoms. The zero-order valence-electron chi connectivity index (χ0n) is 20.9. The highest BCUT2D eigenvalue weighted by Gasteiger charge is 2.35. The first-order chi connectivity index (χ1) is 19.1. The summed E-state index contributed by atoms with van der Waals surface area (Å²) in [6.07, 6.45) is 1.64. The standard InChI is InChI=1S/C28H23ClF3N5O3/c29-20-7-8-37(15-20)27(39)17-3-4-23(34-13-17)18-9-19-10-21(40-26(19)22(11-18)28(30,31)32)14-36-25(38)6-2-16-1-5-24(33)35-12-16/h1-6,9-13,20H,7-8,14-15H2,(H2,33,35)(H,36,38)/b6-2+/t20-/m0/s1. The Balaban J connectivity index is 1.35. The van der Waals surface area contributed by atoms with Gasteiger partial charge in [-0.3, -0.25) is 14.6 Å². The van der Waals surface area contributed by atoms with Crippen molar-refractivity contribution in [2.24, 2.45) is 0 Å². The largest absolute Gasteiger partial charge is 0.459 e. The molecule has 4 aromatic rings. The van der Waals surface area contributed by atoms with Crippen LogP contribution in [-0.4, -0.2) is 45.1 Å². The van der Waals surface area contributed by atoms with Gasteiger partial charge in [0.2, 0.25) is 5.91 Å². The Kier molecular flexibility index (Phi) is 7.49. The molecule has 5 rings (SSSR count). The Morgan fingerprint density at radius 1 is 1.15 bits per heavy atom. The van der Waals surface area contributed by atoms with Crippen LogP contribution in [0.2, 0.25) is 0 Å². The van der Waals surface area contributed by atoms with Gasteiger partial charge in [0.25, 0.3) is 5.91 Å². The highest BCUT2D eigenvalue weighted by molar-refractivity contribution is 6.21. The minimum absolute atomic E-state index is 0.0968. The van der Waals surface area contributed by atoms with Crippen LogP contribution < -0.4 is 11.1 Å². The minimum Gasteiger partial charge on any atom is -0.459 e.